The molecule has 0 spiro atoms. The zero-order valence-electron chi connectivity index (χ0n) is 8.32. The molecule has 1 fully saturated rings. The summed E-state index contributed by atoms with van der Waals surface area (Å²) < 4.78 is 2.07. The third kappa shape index (κ3) is 2.07. The van der Waals surface area contributed by atoms with Crippen LogP contribution in [0.3, 0.4) is 0 Å². The van der Waals surface area contributed by atoms with Gasteiger partial charge in [0.1, 0.15) is 0 Å². The predicted octanol–water partition coefficient (Wildman–Crippen LogP) is 1.33. The Morgan fingerprint density at radius 2 is 2.14 bits per heavy atom. The molecule has 0 aromatic carbocycles. The van der Waals surface area contributed by atoms with Crippen LogP contribution in [0.1, 0.15) is 35.4 Å². The summed E-state index contributed by atoms with van der Waals surface area (Å²) in [6.07, 6.45) is 5.63. The second-order valence-electron chi connectivity index (χ2n) is 3.61. The fourth-order valence-electron chi connectivity index (χ4n) is 1.66. The van der Waals surface area contributed by atoms with Gasteiger partial charge in [-0.2, -0.15) is 0 Å². The molecule has 0 bridgehead atoms. The topological polar surface area (TPSA) is 33.2 Å². The molecule has 4 heteroatoms. The van der Waals surface area contributed by atoms with Crippen molar-refractivity contribution in [3.63, 3.8) is 0 Å². The van der Waals surface area contributed by atoms with Gasteiger partial charge in [-0.15, -0.1) is 0 Å². The van der Waals surface area contributed by atoms with Crippen molar-refractivity contribution in [2.45, 2.75) is 26.2 Å². The zero-order valence-corrected chi connectivity index (χ0v) is 10.0. The van der Waals surface area contributed by atoms with E-state index in [1.165, 1.54) is 19.3 Å². The van der Waals surface area contributed by atoms with Crippen LogP contribution >= 0.6 is 0 Å². The summed E-state index contributed by atoms with van der Waals surface area (Å²) in [7, 11) is 0. The van der Waals surface area contributed by atoms with E-state index in [9.17, 15) is 4.79 Å². The van der Waals surface area contributed by atoms with Crippen molar-refractivity contribution in [2.75, 3.05) is 18.0 Å². The maximum absolute atomic E-state index is 11.1. The summed E-state index contributed by atoms with van der Waals surface area (Å²) in [5, 5.41) is 0. The Hall–Kier alpha value is -0.601. The minimum absolute atomic E-state index is 0.170. The Morgan fingerprint density at radius 1 is 1.43 bits per heavy atom. The van der Waals surface area contributed by atoms with Crippen molar-refractivity contribution in [1.29, 1.82) is 0 Å². The van der Waals surface area contributed by atoms with Crippen LogP contribution in [0.4, 0.5) is 4.69 Å². The molecule has 0 N–H and O–H groups in total. The van der Waals surface area contributed by atoms with Gasteiger partial charge in [-0.05, 0) is 0 Å². The average molecular weight is 257 g/mol. The van der Waals surface area contributed by atoms with Crippen molar-refractivity contribution in [3.05, 3.63) is 10.6 Å². The van der Waals surface area contributed by atoms with Crippen LogP contribution in [0.5, 0.6) is 0 Å². The minimum atomic E-state index is 0.170. The van der Waals surface area contributed by atoms with Gasteiger partial charge in [0.05, 0.1) is 0 Å². The number of nitrogens with zero attached hydrogens (tertiary/aromatic N) is 2. The van der Waals surface area contributed by atoms with E-state index in [1.807, 2.05) is 0 Å². The van der Waals surface area contributed by atoms with Crippen LogP contribution in [0, 0.1) is 0 Å². The zero-order chi connectivity index (χ0) is 9.97. The van der Waals surface area contributed by atoms with Crippen molar-refractivity contribution < 1.29 is 4.79 Å². The molecule has 0 amide bonds. The Balaban J connectivity index is 2.11. The van der Waals surface area contributed by atoms with Gasteiger partial charge in [0.15, 0.2) is 0 Å². The molecule has 2 rings (SSSR count). The van der Waals surface area contributed by atoms with Gasteiger partial charge in [-0.1, -0.05) is 0 Å². The van der Waals surface area contributed by atoms with Gasteiger partial charge >= 0.3 is 89.6 Å². The van der Waals surface area contributed by atoms with Crippen molar-refractivity contribution >= 4 is 25.0 Å². The molecular formula is C10H14N2OSe. The quantitative estimate of drug-likeness (QED) is 0.592. The Morgan fingerprint density at radius 3 is 2.71 bits per heavy atom. The van der Waals surface area contributed by atoms with Crippen LogP contribution in [-0.2, 0) is 0 Å². The molecule has 3 nitrogen and oxygen atoms in total. The summed E-state index contributed by atoms with van der Waals surface area (Å²) in [4.78, 5) is 17.8. The second kappa shape index (κ2) is 4.28. The molecule has 1 aliphatic rings. The first-order chi connectivity index (χ1) is 6.77. The van der Waals surface area contributed by atoms with Gasteiger partial charge in [-0.25, -0.2) is 0 Å². The van der Waals surface area contributed by atoms with Crippen LogP contribution in [0.2, 0.25) is 0 Å². The Kier molecular flexibility index (Phi) is 3.04. The molecule has 0 atom stereocenters. The van der Waals surface area contributed by atoms with Gasteiger partial charge < -0.3 is 0 Å². The number of hydrogen-bond acceptors (Lipinski definition) is 3. The molecule has 0 aliphatic carbocycles. The molecule has 2 heterocycles. The summed E-state index contributed by atoms with van der Waals surface area (Å²) in [5.74, 6) is 0.181. The molecule has 14 heavy (non-hydrogen) atoms. The van der Waals surface area contributed by atoms with Crippen LogP contribution < -0.4 is 4.90 Å². The van der Waals surface area contributed by atoms with E-state index in [1.54, 1.807) is 13.1 Å². The normalized spacial score (nSPS) is 17.1. The predicted molar refractivity (Wildman–Crippen MR) is 57.2 cm³/mol. The van der Waals surface area contributed by atoms with Gasteiger partial charge in [0.2, 0.25) is 0 Å². The number of Topliss-reactive ketones (excluding diaryl/α,β-unsaturated/α-hetero) is 1. The molecule has 0 saturated carbocycles. The molecule has 0 unspecified atom stereocenters. The summed E-state index contributed by atoms with van der Waals surface area (Å²) in [6, 6.07) is 0. The van der Waals surface area contributed by atoms with Crippen molar-refractivity contribution in [1.82, 2.24) is 4.98 Å². The van der Waals surface area contributed by atoms with E-state index in [-0.39, 0.29) is 20.3 Å². The summed E-state index contributed by atoms with van der Waals surface area (Å²) >= 11 is 0.170. The molecule has 1 aromatic heterocycles. The molecule has 1 saturated heterocycles. The van der Waals surface area contributed by atoms with E-state index >= 15 is 0 Å². The third-order valence-electron chi connectivity index (χ3n) is 2.47. The van der Waals surface area contributed by atoms with Gasteiger partial charge in [-0.3, -0.25) is 0 Å². The number of rotatable bonds is 2. The first-order valence-electron chi connectivity index (χ1n) is 4.99. The Bertz CT molecular complexity index is 329. The molecule has 1 aromatic rings. The summed E-state index contributed by atoms with van der Waals surface area (Å²) in [5.41, 5.74) is 0. The van der Waals surface area contributed by atoms with E-state index in [0.717, 1.165) is 22.2 Å². The molecular weight excluding hydrogens is 243 g/mol. The van der Waals surface area contributed by atoms with Gasteiger partial charge in [0, 0.05) is 0 Å². The van der Waals surface area contributed by atoms with E-state index in [2.05, 4.69) is 9.88 Å². The van der Waals surface area contributed by atoms with E-state index < -0.39 is 0 Å². The fourth-order valence-corrected chi connectivity index (χ4v) is 3.47. The first kappa shape index (κ1) is 9.94. The van der Waals surface area contributed by atoms with Crippen LogP contribution in [0.25, 0.3) is 0 Å². The number of carbonyl (C=O) groups is 1. The number of anilines is 1. The van der Waals surface area contributed by atoms with Crippen molar-refractivity contribution in [3.8, 4) is 0 Å². The molecule has 76 valence electrons. The van der Waals surface area contributed by atoms with Crippen LogP contribution in [-0.4, -0.2) is 38.4 Å². The Labute approximate surface area is 89.9 Å². The monoisotopic (exact) mass is 258 g/mol. The molecule has 0 radical (unpaired) electrons. The molecule has 1 aliphatic heterocycles. The fraction of sp³-hybridized carbons (Fsp3) is 0.600. The second-order valence-corrected chi connectivity index (χ2v) is 5.73. The standard InChI is InChI=1S/C10H14N2OSe/c1-8(13)9-7-11-10(14-9)12-5-3-2-4-6-12/h7H,2-6H2,1H3. The average Bonchev–Trinajstić information content (AvgIpc) is 2.68. The number of piperidine rings is 1. The number of carbonyl (C=O) groups excluding carboxylic acids is 1. The third-order valence-corrected chi connectivity index (χ3v) is 4.90. The summed E-state index contributed by atoms with van der Waals surface area (Å²) in [6.45, 7) is 3.88. The SMILES string of the molecule is CC(=O)c1cnc(N2CCCCC2)[se]1. The van der Waals surface area contributed by atoms with Crippen molar-refractivity contribution in [2.24, 2.45) is 0 Å². The van der Waals surface area contributed by atoms with E-state index in [4.69, 9.17) is 0 Å². The first-order valence-corrected chi connectivity index (χ1v) is 6.70. The maximum atomic E-state index is 11.1. The van der Waals surface area contributed by atoms with Crippen LogP contribution in [0.15, 0.2) is 6.20 Å². The van der Waals surface area contributed by atoms with E-state index in [0.29, 0.717) is 0 Å². The number of hydrogen-bond donors (Lipinski definition) is 0. The number of aromatic nitrogens is 1. The number of ketones is 1. The van der Waals surface area contributed by atoms with Gasteiger partial charge in [0.25, 0.3) is 0 Å².